The van der Waals surface area contributed by atoms with Gasteiger partial charge in [0.25, 0.3) is 0 Å². The van der Waals surface area contributed by atoms with Gasteiger partial charge in [-0.1, -0.05) is 42.9 Å². The van der Waals surface area contributed by atoms with Crippen molar-refractivity contribution < 1.29 is 8.78 Å². The molecule has 25 heavy (non-hydrogen) atoms. The van der Waals surface area contributed by atoms with Crippen molar-refractivity contribution >= 4 is 29.1 Å². The fourth-order valence-corrected chi connectivity index (χ4v) is 3.01. The number of aliphatic imine (C=N–C) groups is 1. The molecular weight excluding hydrogens is 336 g/mol. The van der Waals surface area contributed by atoms with E-state index in [9.17, 15) is 8.78 Å². The summed E-state index contributed by atoms with van der Waals surface area (Å²) < 4.78 is 28.0. The van der Waals surface area contributed by atoms with Gasteiger partial charge in [-0.15, -0.1) is 0 Å². The zero-order valence-corrected chi connectivity index (χ0v) is 14.5. The van der Waals surface area contributed by atoms with E-state index in [1.807, 2.05) is 18.2 Å². The number of hydrogen-bond acceptors (Lipinski definition) is 2. The Hall–Kier alpha value is -2.60. The Morgan fingerprint density at radius 3 is 2.56 bits per heavy atom. The molecule has 0 amide bonds. The number of benzene rings is 2. The van der Waals surface area contributed by atoms with E-state index in [0.29, 0.717) is 0 Å². The molecule has 0 N–H and O–H groups in total. The van der Waals surface area contributed by atoms with E-state index < -0.39 is 11.6 Å². The van der Waals surface area contributed by atoms with E-state index in [1.165, 1.54) is 16.7 Å². The van der Waals surface area contributed by atoms with Crippen LogP contribution in [-0.2, 0) is 6.42 Å². The molecule has 0 saturated carbocycles. The molecule has 1 nitrogen and oxygen atoms in total. The van der Waals surface area contributed by atoms with Crippen LogP contribution in [0.1, 0.15) is 42.0 Å². The number of rotatable bonds is 3. The molecule has 3 rings (SSSR count). The third-order valence-corrected chi connectivity index (χ3v) is 4.12. The maximum Gasteiger partial charge on any atom is 0.143 e. The lowest BCUT2D eigenvalue weighted by Gasteiger charge is -2.01. The monoisotopic (exact) mass is 351 g/mol. The zero-order chi connectivity index (χ0) is 17.8. The van der Waals surface area contributed by atoms with Gasteiger partial charge in [0.05, 0.1) is 16.4 Å². The third kappa shape index (κ3) is 3.91. The summed E-state index contributed by atoms with van der Waals surface area (Å²) in [4.78, 5) is 3.58. The molecule has 1 aliphatic rings. The Morgan fingerprint density at radius 1 is 1.12 bits per heavy atom. The van der Waals surface area contributed by atoms with Crippen molar-refractivity contribution in [2.75, 3.05) is 0 Å². The quantitative estimate of drug-likeness (QED) is 0.384. The average molecular weight is 351 g/mol. The van der Waals surface area contributed by atoms with Gasteiger partial charge in [-0.25, -0.2) is 8.78 Å². The lowest BCUT2D eigenvalue weighted by atomic mass is 10.0. The second kappa shape index (κ2) is 7.53. The summed E-state index contributed by atoms with van der Waals surface area (Å²) in [6.07, 6.45) is 5.34. The van der Waals surface area contributed by atoms with Crippen molar-refractivity contribution in [3.05, 3.63) is 69.8 Å². The van der Waals surface area contributed by atoms with Crippen molar-refractivity contribution in [3.8, 4) is 11.8 Å². The van der Waals surface area contributed by atoms with Crippen LogP contribution in [0, 0.1) is 23.5 Å². The maximum atomic E-state index is 14.0. The van der Waals surface area contributed by atoms with Gasteiger partial charge in [0, 0.05) is 17.7 Å². The van der Waals surface area contributed by atoms with Gasteiger partial charge < -0.3 is 0 Å². The fraction of sp³-hybridized carbons (Fsp3) is 0.190. The van der Waals surface area contributed by atoms with E-state index >= 15 is 0 Å². The topological polar surface area (TPSA) is 12.4 Å². The molecule has 0 saturated heterocycles. The van der Waals surface area contributed by atoms with Crippen LogP contribution < -0.4 is 0 Å². The van der Waals surface area contributed by atoms with E-state index in [1.54, 1.807) is 0 Å². The highest BCUT2D eigenvalue weighted by Gasteiger charge is 2.12. The average Bonchev–Trinajstić information content (AvgIpc) is 2.96. The zero-order valence-electron chi connectivity index (χ0n) is 13.7. The minimum atomic E-state index is -0.760. The normalized spacial score (nSPS) is 11.9. The molecular formula is C21H15F2NS. The Labute approximate surface area is 151 Å². The molecule has 0 bridgehead atoms. The second-order valence-electron chi connectivity index (χ2n) is 5.88. The van der Waals surface area contributed by atoms with Gasteiger partial charge >= 0.3 is 0 Å². The SMILES string of the molecule is CCCC1=Cc2ccc(C#Cc3c(F)cc(N=C=S)cc3F)cc2C1. The fourth-order valence-electron chi connectivity index (χ4n) is 2.91. The molecule has 0 unspecified atom stereocenters. The minimum absolute atomic E-state index is 0.0857. The highest BCUT2D eigenvalue weighted by Crippen LogP contribution is 2.28. The third-order valence-electron chi connectivity index (χ3n) is 4.02. The number of allylic oxidation sites excluding steroid dienone is 1. The van der Waals surface area contributed by atoms with Crippen LogP contribution >= 0.6 is 12.2 Å². The van der Waals surface area contributed by atoms with Crippen LogP contribution in [0.5, 0.6) is 0 Å². The summed E-state index contributed by atoms with van der Waals surface area (Å²) in [5.74, 6) is 3.92. The van der Waals surface area contributed by atoms with Crippen LogP contribution in [0.2, 0.25) is 0 Å². The number of nitrogens with zero attached hydrogens (tertiary/aromatic N) is 1. The molecule has 2 aromatic rings. The van der Waals surface area contributed by atoms with Gasteiger partial charge in [0.2, 0.25) is 0 Å². The lowest BCUT2D eigenvalue weighted by Crippen LogP contribution is -1.90. The van der Waals surface area contributed by atoms with Crippen LogP contribution in [0.15, 0.2) is 40.9 Å². The number of isothiocyanates is 1. The van der Waals surface area contributed by atoms with Crippen LogP contribution in [0.25, 0.3) is 6.08 Å². The number of thiocarbonyl (C=S) groups is 1. The van der Waals surface area contributed by atoms with Crippen molar-refractivity contribution in [2.45, 2.75) is 26.2 Å². The second-order valence-corrected chi connectivity index (χ2v) is 6.06. The van der Waals surface area contributed by atoms with Gasteiger partial charge in [0.1, 0.15) is 11.6 Å². The van der Waals surface area contributed by atoms with Crippen LogP contribution in [-0.4, -0.2) is 5.16 Å². The van der Waals surface area contributed by atoms with E-state index in [-0.39, 0.29) is 11.3 Å². The molecule has 4 heteroatoms. The summed E-state index contributed by atoms with van der Waals surface area (Å²) in [5, 5.41) is 2.09. The molecule has 2 aromatic carbocycles. The number of halogens is 2. The Morgan fingerprint density at radius 2 is 1.88 bits per heavy atom. The first-order chi connectivity index (χ1) is 12.1. The molecule has 1 aliphatic carbocycles. The largest absolute Gasteiger partial charge is 0.205 e. The molecule has 0 atom stereocenters. The molecule has 0 radical (unpaired) electrons. The van der Waals surface area contributed by atoms with Gasteiger partial charge in [-0.05, 0) is 48.3 Å². The summed E-state index contributed by atoms with van der Waals surface area (Å²) in [7, 11) is 0. The van der Waals surface area contributed by atoms with Gasteiger partial charge in [-0.3, -0.25) is 0 Å². The van der Waals surface area contributed by atoms with Crippen molar-refractivity contribution in [3.63, 3.8) is 0 Å². The van der Waals surface area contributed by atoms with E-state index in [2.05, 4.69) is 47.2 Å². The summed E-state index contributed by atoms with van der Waals surface area (Å²) in [6.45, 7) is 2.16. The first-order valence-electron chi connectivity index (χ1n) is 8.02. The van der Waals surface area contributed by atoms with Gasteiger partial charge in [-0.2, -0.15) is 4.99 Å². The Bertz CT molecular complexity index is 950. The highest BCUT2D eigenvalue weighted by molar-refractivity contribution is 7.78. The van der Waals surface area contributed by atoms with Crippen molar-refractivity contribution in [1.82, 2.24) is 0 Å². The van der Waals surface area contributed by atoms with Crippen molar-refractivity contribution in [1.29, 1.82) is 0 Å². The summed E-state index contributed by atoms with van der Waals surface area (Å²) in [5.41, 5.74) is 4.38. The lowest BCUT2D eigenvalue weighted by molar-refractivity contribution is 0.578. The summed E-state index contributed by atoms with van der Waals surface area (Å²) >= 11 is 4.44. The molecule has 0 aliphatic heterocycles. The molecule has 0 heterocycles. The molecule has 0 spiro atoms. The van der Waals surface area contributed by atoms with Crippen LogP contribution in [0.3, 0.4) is 0 Å². The Kier molecular flexibility index (Phi) is 5.19. The Balaban J connectivity index is 1.87. The minimum Gasteiger partial charge on any atom is -0.205 e. The number of hydrogen-bond donors (Lipinski definition) is 0. The maximum absolute atomic E-state index is 14.0. The predicted molar refractivity (Wildman–Crippen MR) is 100 cm³/mol. The van der Waals surface area contributed by atoms with Crippen molar-refractivity contribution in [2.24, 2.45) is 4.99 Å². The predicted octanol–water partition coefficient (Wildman–Crippen LogP) is 5.84. The molecule has 0 aromatic heterocycles. The first kappa shape index (κ1) is 17.2. The van der Waals surface area contributed by atoms with E-state index in [0.717, 1.165) is 37.0 Å². The standard InChI is InChI=1S/C21H15F2NS/c1-2-3-15-9-16-6-4-14(8-17(16)10-15)5-7-19-20(22)11-18(24-13-25)12-21(19)23/h4,6,8-9,11-12H,2-3,10H2,1H3. The van der Waals surface area contributed by atoms with E-state index in [4.69, 9.17) is 0 Å². The highest BCUT2D eigenvalue weighted by atomic mass is 32.1. The van der Waals surface area contributed by atoms with Crippen LogP contribution in [0.4, 0.5) is 14.5 Å². The smallest absolute Gasteiger partial charge is 0.143 e. The number of fused-ring (bicyclic) bond motifs is 1. The molecule has 124 valence electrons. The molecule has 0 fully saturated rings. The summed E-state index contributed by atoms with van der Waals surface area (Å²) in [6, 6.07) is 8.05. The first-order valence-corrected chi connectivity index (χ1v) is 8.43. The van der Waals surface area contributed by atoms with Gasteiger partial charge in [0.15, 0.2) is 0 Å².